The van der Waals surface area contributed by atoms with Gasteiger partial charge in [-0.1, -0.05) is 6.07 Å². The zero-order chi connectivity index (χ0) is 13.1. The number of carboxylic acids is 1. The van der Waals surface area contributed by atoms with Crippen molar-refractivity contribution >= 4 is 21.9 Å². The molecule has 1 aliphatic carbocycles. The highest BCUT2D eigenvalue weighted by atomic mass is 79.9. The van der Waals surface area contributed by atoms with E-state index in [1.165, 1.54) is 6.42 Å². The Morgan fingerprint density at radius 1 is 1.56 bits per heavy atom. The molecule has 1 aromatic rings. The van der Waals surface area contributed by atoms with Crippen molar-refractivity contribution in [2.24, 2.45) is 5.73 Å². The SMILES string of the molecule is NCC(C(=O)O)c1ccc(OC2CCC2)c(Br)c1. The number of halogens is 1. The van der Waals surface area contributed by atoms with Gasteiger partial charge in [-0.25, -0.2) is 0 Å². The predicted octanol–water partition coefficient (Wildman–Crippen LogP) is 2.51. The van der Waals surface area contributed by atoms with Crippen LogP contribution < -0.4 is 10.5 Å². The topological polar surface area (TPSA) is 72.6 Å². The first kappa shape index (κ1) is 13.4. The van der Waals surface area contributed by atoms with Gasteiger partial charge in [0.2, 0.25) is 0 Å². The molecule has 98 valence electrons. The molecule has 1 fully saturated rings. The van der Waals surface area contributed by atoms with Crippen LogP contribution in [0.4, 0.5) is 0 Å². The van der Waals surface area contributed by atoms with Crippen molar-refractivity contribution in [1.29, 1.82) is 0 Å². The molecule has 0 saturated heterocycles. The second-order valence-corrected chi connectivity index (χ2v) is 5.34. The third-order valence-electron chi connectivity index (χ3n) is 3.24. The second kappa shape index (κ2) is 5.71. The Morgan fingerprint density at radius 2 is 2.28 bits per heavy atom. The molecule has 18 heavy (non-hydrogen) atoms. The smallest absolute Gasteiger partial charge is 0.312 e. The van der Waals surface area contributed by atoms with E-state index in [0.717, 1.165) is 23.1 Å². The van der Waals surface area contributed by atoms with Crippen molar-refractivity contribution in [3.05, 3.63) is 28.2 Å². The number of nitrogens with two attached hydrogens (primary N) is 1. The molecule has 0 aliphatic heterocycles. The summed E-state index contributed by atoms with van der Waals surface area (Å²) in [5.74, 6) is -0.805. The van der Waals surface area contributed by atoms with Gasteiger partial charge in [0.25, 0.3) is 0 Å². The minimum atomic E-state index is -0.905. The third kappa shape index (κ3) is 2.84. The standard InChI is InChI=1S/C13H16BrNO3/c14-11-6-8(10(7-15)13(16)17)4-5-12(11)18-9-2-1-3-9/h4-6,9-10H,1-3,7,15H2,(H,16,17). The average molecular weight is 314 g/mol. The number of carboxylic acid groups (broad SMARTS) is 1. The Labute approximate surface area is 114 Å². The van der Waals surface area contributed by atoms with Crippen LogP contribution in [0.2, 0.25) is 0 Å². The summed E-state index contributed by atoms with van der Waals surface area (Å²) in [4.78, 5) is 11.0. The lowest BCUT2D eigenvalue weighted by Gasteiger charge is -2.27. The highest BCUT2D eigenvalue weighted by Crippen LogP contribution is 2.33. The van der Waals surface area contributed by atoms with E-state index in [0.29, 0.717) is 11.7 Å². The highest BCUT2D eigenvalue weighted by molar-refractivity contribution is 9.10. The average Bonchev–Trinajstić information content (AvgIpc) is 2.26. The molecule has 4 nitrogen and oxygen atoms in total. The number of benzene rings is 1. The molecular weight excluding hydrogens is 298 g/mol. The molecule has 0 radical (unpaired) electrons. The van der Waals surface area contributed by atoms with E-state index in [2.05, 4.69) is 15.9 Å². The molecule has 0 bridgehead atoms. The second-order valence-electron chi connectivity index (χ2n) is 4.49. The van der Waals surface area contributed by atoms with E-state index in [1.807, 2.05) is 6.07 Å². The van der Waals surface area contributed by atoms with Crippen LogP contribution in [0.1, 0.15) is 30.7 Å². The van der Waals surface area contributed by atoms with E-state index in [9.17, 15) is 4.79 Å². The quantitative estimate of drug-likeness (QED) is 0.876. The van der Waals surface area contributed by atoms with Gasteiger partial charge in [-0.3, -0.25) is 4.79 Å². The Morgan fingerprint density at radius 3 is 2.72 bits per heavy atom. The molecule has 1 saturated carbocycles. The van der Waals surface area contributed by atoms with Gasteiger partial charge in [-0.2, -0.15) is 0 Å². The molecule has 0 aromatic heterocycles. The summed E-state index contributed by atoms with van der Waals surface area (Å²) in [6, 6.07) is 5.35. The number of carbonyl (C=O) groups is 1. The Kier molecular flexibility index (Phi) is 4.24. The van der Waals surface area contributed by atoms with Gasteiger partial charge in [0.15, 0.2) is 0 Å². The molecule has 2 rings (SSSR count). The summed E-state index contributed by atoms with van der Waals surface area (Å²) >= 11 is 3.42. The van der Waals surface area contributed by atoms with E-state index < -0.39 is 11.9 Å². The molecule has 3 N–H and O–H groups in total. The summed E-state index contributed by atoms with van der Waals surface area (Å²) in [5.41, 5.74) is 6.17. The zero-order valence-electron chi connectivity index (χ0n) is 9.93. The molecule has 1 unspecified atom stereocenters. The maximum atomic E-state index is 11.0. The molecule has 0 spiro atoms. The van der Waals surface area contributed by atoms with Gasteiger partial charge >= 0.3 is 5.97 Å². The summed E-state index contributed by atoms with van der Waals surface area (Å²) in [5, 5.41) is 9.05. The van der Waals surface area contributed by atoms with Crippen LogP contribution >= 0.6 is 15.9 Å². The first-order valence-corrected chi connectivity index (χ1v) is 6.80. The monoisotopic (exact) mass is 313 g/mol. The van der Waals surface area contributed by atoms with Crippen LogP contribution in [-0.4, -0.2) is 23.7 Å². The summed E-state index contributed by atoms with van der Waals surface area (Å²) in [6.07, 6.45) is 3.70. The molecular formula is C13H16BrNO3. The fourth-order valence-corrected chi connectivity index (χ4v) is 2.37. The number of hydrogen-bond donors (Lipinski definition) is 2. The molecule has 0 amide bonds. The number of rotatable bonds is 5. The molecule has 1 aromatic carbocycles. The normalized spacial score (nSPS) is 17.0. The van der Waals surface area contributed by atoms with Crippen molar-refractivity contribution in [2.75, 3.05) is 6.54 Å². The minimum Gasteiger partial charge on any atom is -0.489 e. The maximum absolute atomic E-state index is 11.0. The van der Waals surface area contributed by atoms with Gasteiger partial charge in [0.05, 0.1) is 16.5 Å². The third-order valence-corrected chi connectivity index (χ3v) is 3.86. The summed E-state index contributed by atoms with van der Waals surface area (Å²) < 4.78 is 6.57. The lowest BCUT2D eigenvalue weighted by Crippen LogP contribution is -2.25. The van der Waals surface area contributed by atoms with Crippen LogP contribution in [0.15, 0.2) is 22.7 Å². The minimum absolute atomic E-state index is 0.0879. The summed E-state index contributed by atoms with van der Waals surface area (Å²) in [7, 11) is 0. The van der Waals surface area contributed by atoms with Crippen LogP contribution in [-0.2, 0) is 4.79 Å². The highest BCUT2D eigenvalue weighted by Gasteiger charge is 2.22. The van der Waals surface area contributed by atoms with E-state index >= 15 is 0 Å². The maximum Gasteiger partial charge on any atom is 0.312 e. The van der Waals surface area contributed by atoms with Crippen LogP contribution in [0.5, 0.6) is 5.75 Å². The lowest BCUT2D eigenvalue weighted by molar-refractivity contribution is -0.138. The number of hydrogen-bond acceptors (Lipinski definition) is 3. The van der Waals surface area contributed by atoms with E-state index in [-0.39, 0.29) is 6.54 Å². The van der Waals surface area contributed by atoms with E-state index in [1.54, 1.807) is 12.1 Å². The van der Waals surface area contributed by atoms with Gasteiger partial charge in [-0.05, 0) is 52.9 Å². The van der Waals surface area contributed by atoms with Crippen molar-refractivity contribution in [3.63, 3.8) is 0 Å². The Balaban J connectivity index is 2.15. The van der Waals surface area contributed by atoms with Crippen molar-refractivity contribution in [1.82, 2.24) is 0 Å². The zero-order valence-corrected chi connectivity index (χ0v) is 11.5. The molecule has 5 heteroatoms. The molecule has 1 atom stereocenters. The largest absolute Gasteiger partial charge is 0.489 e. The fraction of sp³-hybridized carbons (Fsp3) is 0.462. The number of aliphatic carboxylic acids is 1. The van der Waals surface area contributed by atoms with E-state index in [4.69, 9.17) is 15.6 Å². The van der Waals surface area contributed by atoms with Crippen molar-refractivity contribution in [3.8, 4) is 5.75 Å². The van der Waals surface area contributed by atoms with Crippen LogP contribution in [0, 0.1) is 0 Å². The number of ether oxygens (including phenoxy) is 1. The van der Waals surface area contributed by atoms with Crippen LogP contribution in [0.3, 0.4) is 0 Å². The summed E-state index contributed by atoms with van der Waals surface area (Å²) in [6.45, 7) is 0.0879. The molecule has 1 aliphatic rings. The molecule has 0 heterocycles. The Hall–Kier alpha value is -1.07. The van der Waals surface area contributed by atoms with Gasteiger partial charge in [-0.15, -0.1) is 0 Å². The van der Waals surface area contributed by atoms with Crippen molar-refractivity contribution in [2.45, 2.75) is 31.3 Å². The first-order valence-electron chi connectivity index (χ1n) is 6.00. The van der Waals surface area contributed by atoms with Gasteiger partial charge < -0.3 is 15.6 Å². The lowest BCUT2D eigenvalue weighted by atomic mass is 9.96. The van der Waals surface area contributed by atoms with Gasteiger partial charge in [0, 0.05) is 6.54 Å². The first-order chi connectivity index (χ1) is 8.61. The Bertz CT molecular complexity index is 446. The van der Waals surface area contributed by atoms with Gasteiger partial charge in [0.1, 0.15) is 5.75 Å². The predicted molar refractivity (Wildman–Crippen MR) is 71.8 cm³/mol. The fourth-order valence-electron chi connectivity index (χ4n) is 1.88. The van der Waals surface area contributed by atoms with Crippen molar-refractivity contribution < 1.29 is 14.6 Å². The van der Waals surface area contributed by atoms with Crippen LogP contribution in [0.25, 0.3) is 0 Å².